The van der Waals surface area contributed by atoms with Crippen molar-refractivity contribution in [1.82, 2.24) is 5.32 Å². The Bertz CT molecular complexity index is 621. The lowest BCUT2D eigenvalue weighted by Gasteiger charge is -2.43. The maximum Gasteiger partial charge on any atom is 0.224 e. The molecular weight excluding hydrogens is 362 g/mol. The molecule has 5 nitrogen and oxygen atoms in total. The van der Waals surface area contributed by atoms with Gasteiger partial charge in [-0.15, -0.1) is 12.4 Å². The second-order valence-corrected chi connectivity index (χ2v) is 7.91. The van der Waals surface area contributed by atoms with Crippen molar-refractivity contribution in [1.29, 1.82) is 0 Å². The van der Waals surface area contributed by atoms with Gasteiger partial charge < -0.3 is 16.4 Å². The standard InChI is InChI=1S/C21H31N3O2.ClH/c1-2-4-19(25)24-18-9-7-14(8-10-18)13-23-21(26)17-11-15-5-3-6-16(12-17)20(15)22;/h7-10,15-17,20H,2-6,11-13,22H2,1H3,(H,23,26)(H,24,25);1H. The van der Waals surface area contributed by atoms with Crippen molar-refractivity contribution >= 4 is 29.9 Å². The number of anilines is 1. The highest BCUT2D eigenvalue weighted by molar-refractivity contribution is 5.90. The zero-order chi connectivity index (χ0) is 18.5. The van der Waals surface area contributed by atoms with E-state index in [4.69, 9.17) is 5.73 Å². The summed E-state index contributed by atoms with van der Waals surface area (Å²) in [7, 11) is 0. The molecule has 2 unspecified atom stereocenters. The topological polar surface area (TPSA) is 84.2 Å². The summed E-state index contributed by atoms with van der Waals surface area (Å²) < 4.78 is 0. The molecule has 2 bridgehead atoms. The molecule has 6 heteroatoms. The van der Waals surface area contributed by atoms with Gasteiger partial charge in [-0.25, -0.2) is 0 Å². The van der Waals surface area contributed by atoms with Gasteiger partial charge in [-0.05, 0) is 61.6 Å². The fraction of sp³-hybridized carbons (Fsp3) is 0.619. The molecule has 27 heavy (non-hydrogen) atoms. The first kappa shape index (κ1) is 21.7. The number of halogens is 1. The molecule has 2 aliphatic rings. The largest absolute Gasteiger partial charge is 0.352 e. The van der Waals surface area contributed by atoms with E-state index in [-0.39, 0.29) is 30.1 Å². The van der Waals surface area contributed by atoms with E-state index in [9.17, 15) is 9.59 Å². The molecule has 4 N–H and O–H groups in total. The monoisotopic (exact) mass is 393 g/mol. The molecule has 2 amide bonds. The maximum atomic E-state index is 12.6. The number of hydrogen-bond donors (Lipinski definition) is 3. The number of fused-ring (bicyclic) bond motifs is 2. The number of nitrogens with two attached hydrogens (primary N) is 1. The van der Waals surface area contributed by atoms with E-state index in [0.717, 1.165) is 30.5 Å². The Labute approximate surface area is 168 Å². The highest BCUT2D eigenvalue weighted by Gasteiger charge is 2.40. The van der Waals surface area contributed by atoms with Crippen LogP contribution in [0.4, 0.5) is 5.69 Å². The van der Waals surface area contributed by atoms with Crippen molar-refractivity contribution in [2.75, 3.05) is 5.32 Å². The van der Waals surface area contributed by atoms with Crippen LogP contribution < -0.4 is 16.4 Å². The first-order valence-corrected chi connectivity index (χ1v) is 9.99. The van der Waals surface area contributed by atoms with Crippen LogP contribution in [0, 0.1) is 17.8 Å². The highest BCUT2D eigenvalue weighted by atomic mass is 35.5. The van der Waals surface area contributed by atoms with Crippen molar-refractivity contribution in [3.05, 3.63) is 29.8 Å². The van der Waals surface area contributed by atoms with Crippen LogP contribution in [0.3, 0.4) is 0 Å². The lowest BCUT2D eigenvalue weighted by atomic mass is 9.65. The van der Waals surface area contributed by atoms with E-state index in [1.165, 1.54) is 19.3 Å². The fourth-order valence-electron chi connectivity index (χ4n) is 4.49. The third kappa shape index (κ3) is 5.69. The molecule has 0 heterocycles. The molecule has 2 saturated carbocycles. The van der Waals surface area contributed by atoms with E-state index in [1.54, 1.807) is 0 Å². The molecule has 3 rings (SSSR count). The van der Waals surface area contributed by atoms with Gasteiger partial charge in [-0.1, -0.05) is 25.5 Å². The molecule has 150 valence electrons. The van der Waals surface area contributed by atoms with Gasteiger partial charge in [0, 0.05) is 30.6 Å². The average Bonchev–Trinajstić information content (AvgIpc) is 2.61. The van der Waals surface area contributed by atoms with Crippen molar-refractivity contribution in [2.24, 2.45) is 23.5 Å². The molecule has 0 aromatic heterocycles. The summed E-state index contributed by atoms with van der Waals surface area (Å²) >= 11 is 0. The minimum Gasteiger partial charge on any atom is -0.352 e. The van der Waals surface area contributed by atoms with E-state index in [0.29, 0.717) is 30.8 Å². The van der Waals surface area contributed by atoms with Crippen molar-refractivity contribution in [2.45, 2.75) is 64.5 Å². The van der Waals surface area contributed by atoms with E-state index in [1.807, 2.05) is 31.2 Å². The summed E-state index contributed by atoms with van der Waals surface area (Å²) in [6.07, 6.45) is 6.85. The predicted molar refractivity (Wildman–Crippen MR) is 111 cm³/mol. The van der Waals surface area contributed by atoms with Crippen LogP contribution in [0.2, 0.25) is 0 Å². The Morgan fingerprint density at radius 3 is 2.33 bits per heavy atom. The molecule has 0 spiro atoms. The second kappa shape index (κ2) is 10.1. The Kier molecular flexibility index (Phi) is 8.11. The normalized spacial score (nSPS) is 26.6. The molecule has 1 aromatic carbocycles. The van der Waals surface area contributed by atoms with Gasteiger partial charge in [0.1, 0.15) is 0 Å². The third-order valence-electron chi connectivity index (χ3n) is 5.97. The van der Waals surface area contributed by atoms with Crippen LogP contribution in [0.1, 0.15) is 57.4 Å². The minimum atomic E-state index is 0. The Hall–Kier alpha value is -1.59. The van der Waals surface area contributed by atoms with Gasteiger partial charge in [0.05, 0.1) is 0 Å². The number of rotatable bonds is 6. The molecule has 2 fully saturated rings. The fourth-order valence-corrected chi connectivity index (χ4v) is 4.49. The number of hydrogen-bond acceptors (Lipinski definition) is 3. The average molecular weight is 394 g/mol. The van der Waals surface area contributed by atoms with Crippen LogP contribution in [0.5, 0.6) is 0 Å². The zero-order valence-electron chi connectivity index (χ0n) is 16.1. The Morgan fingerprint density at radius 2 is 1.74 bits per heavy atom. The first-order valence-electron chi connectivity index (χ1n) is 9.99. The summed E-state index contributed by atoms with van der Waals surface area (Å²) in [5.74, 6) is 1.34. The van der Waals surface area contributed by atoms with Crippen LogP contribution in [0.25, 0.3) is 0 Å². The highest BCUT2D eigenvalue weighted by Crippen LogP contribution is 2.41. The molecule has 0 aliphatic heterocycles. The first-order chi connectivity index (χ1) is 12.6. The number of benzene rings is 1. The van der Waals surface area contributed by atoms with Crippen molar-refractivity contribution in [3.63, 3.8) is 0 Å². The van der Waals surface area contributed by atoms with Crippen LogP contribution in [-0.2, 0) is 16.1 Å². The minimum absolute atomic E-state index is 0. The van der Waals surface area contributed by atoms with Gasteiger partial charge in [-0.2, -0.15) is 0 Å². The van der Waals surface area contributed by atoms with Crippen LogP contribution >= 0.6 is 12.4 Å². The van der Waals surface area contributed by atoms with Gasteiger partial charge in [-0.3, -0.25) is 9.59 Å². The van der Waals surface area contributed by atoms with Gasteiger partial charge in [0.2, 0.25) is 11.8 Å². The zero-order valence-corrected chi connectivity index (χ0v) is 16.9. The third-order valence-corrected chi connectivity index (χ3v) is 5.97. The van der Waals surface area contributed by atoms with E-state index >= 15 is 0 Å². The number of carbonyl (C=O) groups excluding carboxylic acids is 2. The summed E-state index contributed by atoms with van der Waals surface area (Å²) in [6, 6.07) is 7.97. The van der Waals surface area contributed by atoms with Crippen molar-refractivity contribution in [3.8, 4) is 0 Å². The van der Waals surface area contributed by atoms with Crippen molar-refractivity contribution < 1.29 is 9.59 Å². The second-order valence-electron chi connectivity index (χ2n) is 7.91. The number of nitrogens with one attached hydrogen (secondary N) is 2. The summed E-state index contributed by atoms with van der Waals surface area (Å²) in [4.78, 5) is 24.2. The maximum absolute atomic E-state index is 12.6. The Balaban J connectivity index is 0.00000261. The molecule has 2 aliphatic carbocycles. The van der Waals surface area contributed by atoms with Crippen LogP contribution in [0.15, 0.2) is 24.3 Å². The summed E-state index contributed by atoms with van der Waals surface area (Å²) in [6.45, 7) is 2.51. The summed E-state index contributed by atoms with van der Waals surface area (Å²) in [5, 5.41) is 5.96. The molecular formula is C21H32ClN3O2. The number of amides is 2. The lowest BCUT2D eigenvalue weighted by molar-refractivity contribution is -0.128. The Morgan fingerprint density at radius 1 is 1.11 bits per heavy atom. The van der Waals surface area contributed by atoms with Gasteiger partial charge in [0.15, 0.2) is 0 Å². The molecule has 0 radical (unpaired) electrons. The summed E-state index contributed by atoms with van der Waals surface area (Å²) in [5.41, 5.74) is 8.16. The molecule has 1 aromatic rings. The quantitative estimate of drug-likeness (QED) is 0.690. The molecule has 0 saturated heterocycles. The number of carbonyl (C=O) groups is 2. The molecule has 2 atom stereocenters. The van der Waals surface area contributed by atoms with Gasteiger partial charge >= 0.3 is 0 Å². The smallest absolute Gasteiger partial charge is 0.224 e. The lowest BCUT2D eigenvalue weighted by Crippen LogP contribution is -2.49. The predicted octanol–water partition coefficient (Wildman–Crippen LogP) is 3.62. The van der Waals surface area contributed by atoms with Crippen LogP contribution in [-0.4, -0.2) is 17.9 Å². The SMILES string of the molecule is CCCC(=O)Nc1ccc(CNC(=O)C2CC3CCCC(C2)C3N)cc1.Cl. The van der Waals surface area contributed by atoms with E-state index in [2.05, 4.69) is 10.6 Å². The van der Waals surface area contributed by atoms with E-state index < -0.39 is 0 Å². The van der Waals surface area contributed by atoms with Gasteiger partial charge in [0.25, 0.3) is 0 Å².